The van der Waals surface area contributed by atoms with Crippen LogP contribution < -0.4 is 10.5 Å². The van der Waals surface area contributed by atoms with E-state index in [-0.39, 0.29) is 5.57 Å². The highest BCUT2D eigenvalue weighted by molar-refractivity contribution is 6.30. The quantitative estimate of drug-likeness (QED) is 0.639. The standard InChI is InChI=1S/C11H8ClN3O/c12-9-2-1-3-10(5-9)16-11(15)4-8(6-13)7-14/h1-5,11H,15H2. The second-order valence-electron chi connectivity index (χ2n) is 2.84. The van der Waals surface area contributed by atoms with Crippen LogP contribution in [0.4, 0.5) is 0 Å². The maximum absolute atomic E-state index is 8.51. The van der Waals surface area contributed by atoms with E-state index in [0.29, 0.717) is 10.8 Å². The number of rotatable bonds is 3. The van der Waals surface area contributed by atoms with Gasteiger partial charge >= 0.3 is 0 Å². The van der Waals surface area contributed by atoms with E-state index in [1.165, 1.54) is 6.08 Å². The zero-order valence-corrected chi connectivity index (χ0v) is 8.98. The minimum atomic E-state index is -0.854. The van der Waals surface area contributed by atoms with Gasteiger partial charge in [0.05, 0.1) is 0 Å². The van der Waals surface area contributed by atoms with Crippen LogP contribution in [0.5, 0.6) is 5.75 Å². The first-order valence-electron chi connectivity index (χ1n) is 4.35. The zero-order chi connectivity index (χ0) is 12.0. The van der Waals surface area contributed by atoms with Crippen molar-refractivity contribution in [3.05, 3.63) is 40.9 Å². The van der Waals surface area contributed by atoms with Crippen LogP contribution in [0.1, 0.15) is 0 Å². The molecule has 0 aliphatic rings. The van der Waals surface area contributed by atoms with Crippen LogP contribution in [-0.2, 0) is 0 Å². The molecular weight excluding hydrogens is 226 g/mol. The zero-order valence-electron chi connectivity index (χ0n) is 8.22. The van der Waals surface area contributed by atoms with Gasteiger partial charge in [-0.3, -0.25) is 5.73 Å². The summed E-state index contributed by atoms with van der Waals surface area (Å²) in [5.41, 5.74) is 5.48. The summed E-state index contributed by atoms with van der Waals surface area (Å²) in [7, 11) is 0. The van der Waals surface area contributed by atoms with Gasteiger partial charge in [0, 0.05) is 5.02 Å². The van der Waals surface area contributed by atoms with E-state index in [0.717, 1.165) is 0 Å². The number of halogens is 1. The summed E-state index contributed by atoms with van der Waals surface area (Å²) < 4.78 is 5.24. The van der Waals surface area contributed by atoms with Gasteiger partial charge in [-0.2, -0.15) is 10.5 Å². The molecule has 0 aromatic heterocycles. The molecule has 5 heteroatoms. The number of nitriles is 2. The van der Waals surface area contributed by atoms with Gasteiger partial charge in [-0.15, -0.1) is 0 Å². The van der Waals surface area contributed by atoms with Crippen LogP contribution >= 0.6 is 11.6 Å². The Bertz CT molecular complexity index is 469. The molecule has 16 heavy (non-hydrogen) atoms. The average molecular weight is 234 g/mol. The number of ether oxygens (including phenoxy) is 1. The molecule has 2 N–H and O–H groups in total. The summed E-state index contributed by atoms with van der Waals surface area (Å²) in [6, 6.07) is 10.1. The van der Waals surface area contributed by atoms with Crippen LogP contribution in [0.3, 0.4) is 0 Å². The molecule has 0 fully saturated rings. The molecule has 0 amide bonds. The molecule has 0 spiro atoms. The predicted octanol–water partition coefficient (Wildman–Crippen LogP) is 1.98. The average Bonchev–Trinajstić information content (AvgIpc) is 2.26. The largest absolute Gasteiger partial charge is 0.472 e. The lowest BCUT2D eigenvalue weighted by molar-refractivity contribution is 0.257. The van der Waals surface area contributed by atoms with E-state index in [4.69, 9.17) is 32.6 Å². The lowest BCUT2D eigenvalue weighted by Crippen LogP contribution is -2.24. The molecular formula is C11H8ClN3O. The smallest absolute Gasteiger partial charge is 0.169 e. The van der Waals surface area contributed by atoms with Gasteiger partial charge in [-0.25, -0.2) is 0 Å². The first kappa shape index (κ1) is 12.1. The van der Waals surface area contributed by atoms with Crippen molar-refractivity contribution in [2.75, 3.05) is 0 Å². The minimum Gasteiger partial charge on any atom is -0.472 e. The SMILES string of the molecule is N#CC(C#N)=CC(N)Oc1cccc(Cl)c1. The number of nitrogens with zero attached hydrogens (tertiary/aromatic N) is 2. The van der Waals surface area contributed by atoms with Gasteiger partial charge in [0.25, 0.3) is 0 Å². The molecule has 1 aromatic rings. The van der Waals surface area contributed by atoms with Crippen molar-refractivity contribution >= 4 is 11.6 Å². The van der Waals surface area contributed by atoms with E-state index in [2.05, 4.69) is 0 Å². The van der Waals surface area contributed by atoms with Gasteiger partial charge in [-0.1, -0.05) is 17.7 Å². The van der Waals surface area contributed by atoms with Gasteiger partial charge in [0.1, 0.15) is 23.5 Å². The maximum Gasteiger partial charge on any atom is 0.169 e. The van der Waals surface area contributed by atoms with Crippen molar-refractivity contribution in [2.24, 2.45) is 5.73 Å². The number of hydrogen-bond acceptors (Lipinski definition) is 4. The normalized spacial score (nSPS) is 10.8. The van der Waals surface area contributed by atoms with Crippen LogP contribution in [0, 0.1) is 22.7 Å². The molecule has 80 valence electrons. The molecule has 4 nitrogen and oxygen atoms in total. The van der Waals surface area contributed by atoms with Crippen LogP contribution in [0.2, 0.25) is 5.02 Å². The fourth-order valence-corrected chi connectivity index (χ4v) is 1.18. The molecule has 0 saturated carbocycles. The highest BCUT2D eigenvalue weighted by Gasteiger charge is 2.03. The van der Waals surface area contributed by atoms with E-state index in [1.54, 1.807) is 36.4 Å². The summed E-state index contributed by atoms with van der Waals surface area (Å²) in [6.07, 6.45) is 0.383. The Hall–Kier alpha value is -2.01. The fraction of sp³-hybridized carbons (Fsp3) is 0.0909. The number of allylic oxidation sites excluding steroid dienone is 1. The second kappa shape index (κ2) is 5.77. The van der Waals surface area contributed by atoms with Gasteiger partial charge in [0.2, 0.25) is 0 Å². The Labute approximate surface area is 98.1 Å². The molecule has 1 atom stereocenters. The summed E-state index contributed by atoms with van der Waals surface area (Å²) in [6.45, 7) is 0. The molecule has 0 bridgehead atoms. The molecule has 0 radical (unpaired) electrons. The Morgan fingerprint density at radius 1 is 1.44 bits per heavy atom. The minimum absolute atomic E-state index is 0.0884. The summed E-state index contributed by atoms with van der Waals surface area (Å²) in [5, 5.41) is 17.5. The lowest BCUT2D eigenvalue weighted by Gasteiger charge is -2.10. The Kier molecular flexibility index (Phi) is 4.35. The Balaban J connectivity index is 2.73. The predicted molar refractivity (Wildman–Crippen MR) is 59.4 cm³/mol. The molecule has 1 unspecified atom stereocenters. The third-order valence-electron chi connectivity index (χ3n) is 1.64. The molecule has 0 aliphatic heterocycles. The van der Waals surface area contributed by atoms with Crippen LogP contribution in [0.25, 0.3) is 0 Å². The van der Waals surface area contributed by atoms with Gasteiger partial charge in [-0.05, 0) is 24.3 Å². The molecule has 1 rings (SSSR count). The molecule has 1 aromatic carbocycles. The van der Waals surface area contributed by atoms with Crippen LogP contribution in [0.15, 0.2) is 35.9 Å². The highest BCUT2D eigenvalue weighted by atomic mass is 35.5. The summed E-state index contributed by atoms with van der Waals surface area (Å²) >= 11 is 5.75. The highest BCUT2D eigenvalue weighted by Crippen LogP contribution is 2.17. The van der Waals surface area contributed by atoms with E-state index in [9.17, 15) is 0 Å². The topological polar surface area (TPSA) is 82.8 Å². The van der Waals surface area contributed by atoms with Crippen molar-refractivity contribution in [1.29, 1.82) is 10.5 Å². The first-order chi connectivity index (χ1) is 7.65. The Morgan fingerprint density at radius 3 is 2.69 bits per heavy atom. The van der Waals surface area contributed by atoms with Crippen molar-refractivity contribution in [2.45, 2.75) is 6.23 Å². The van der Waals surface area contributed by atoms with Gasteiger partial charge < -0.3 is 4.74 Å². The van der Waals surface area contributed by atoms with Crippen molar-refractivity contribution in [3.8, 4) is 17.9 Å². The Morgan fingerprint density at radius 2 is 2.12 bits per heavy atom. The number of benzene rings is 1. The van der Waals surface area contributed by atoms with E-state index < -0.39 is 6.23 Å². The third-order valence-corrected chi connectivity index (χ3v) is 1.88. The second-order valence-corrected chi connectivity index (χ2v) is 3.28. The molecule has 0 saturated heterocycles. The summed E-state index contributed by atoms with van der Waals surface area (Å²) in [5.74, 6) is 0.478. The van der Waals surface area contributed by atoms with Gasteiger partial charge in [0.15, 0.2) is 6.23 Å². The van der Waals surface area contributed by atoms with Crippen molar-refractivity contribution in [1.82, 2.24) is 0 Å². The first-order valence-corrected chi connectivity index (χ1v) is 4.73. The van der Waals surface area contributed by atoms with Crippen molar-refractivity contribution in [3.63, 3.8) is 0 Å². The molecule has 0 heterocycles. The fourth-order valence-electron chi connectivity index (χ4n) is 0.995. The lowest BCUT2D eigenvalue weighted by atomic mass is 10.3. The van der Waals surface area contributed by atoms with E-state index >= 15 is 0 Å². The maximum atomic E-state index is 8.51. The number of nitrogens with two attached hydrogens (primary N) is 1. The number of hydrogen-bond donors (Lipinski definition) is 1. The molecule has 0 aliphatic carbocycles. The summed E-state index contributed by atoms with van der Waals surface area (Å²) in [4.78, 5) is 0. The third kappa shape index (κ3) is 3.62. The van der Waals surface area contributed by atoms with Crippen LogP contribution in [-0.4, -0.2) is 6.23 Å². The van der Waals surface area contributed by atoms with E-state index in [1.807, 2.05) is 0 Å². The van der Waals surface area contributed by atoms with Crippen molar-refractivity contribution < 1.29 is 4.74 Å². The monoisotopic (exact) mass is 233 g/mol.